The van der Waals surface area contributed by atoms with Gasteiger partial charge in [-0.15, -0.1) is 0 Å². The van der Waals surface area contributed by atoms with Gasteiger partial charge in [-0.1, -0.05) is 13.0 Å². The van der Waals surface area contributed by atoms with Crippen molar-refractivity contribution in [3.05, 3.63) is 54.2 Å². The number of likely N-dealkylation sites (tertiary alicyclic amines) is 1. The summed E-state index contributed by atoms with van der Waals surface area (Å²) in [5.74, 6) is -0.0887. The minimum atomic E-state index is -0.0887. The molecule has 1 unspecified atom stereocenters. The average Bonchev–Trinajstić information content (AvgIpc) is 3.33. The fourth-order valence-electron chi connectivity index (χ4n) is 3.73. The molecule has 4 heterocycles. The summed E-state index contributed by atoms with van der Waals surface area (Å²) in [7, 11) is 0. The summed E-state index contributed by atoms with van der Waals surface area (Å²) in [5, 5.41) is 3.05. The number of hydrogen-bond acceptors (Lipinski definition) is 5. The van der Waals surface area contributed by atoms with Gasteiger partial charge < -0.3 is 9.88 Å². The normalized spacial score (nSPS) is 17.4. The van der Waals surface area contributed by atoms with E-state index in [-0.39, 0.29) is 5.91 Å². The van der Waals surface area contributed by atoms with Gasteiger partial charge in [-0.05, 0) is 43.6 Å². The predicted octanol–water partition coefficient (Wildman–Crippen LogP) is 2.09. The maximum Gasteiger partial charge on any atom is 0.252 e. The molecule has 27 heavy (non-hydrogen) atoms. The van der Waals surface area contributed by atoms with E-state index >= 15 is 0 Å². The van der Waals surface area contributed by atoms with Crippen LogP contribution in [0.2, 0.25) is 0 Å². The summed E-state index contributed by atoms with van der Waals surface area (Å²) in [6, 6.07) is 6.18. The zero-order valence-electron chi connectivity index (χ0n) is 15.5. The van der Waals surface area contributed by atoms with Crippen molar-refractivity contribution in [2.45, 2.75) is 32.4 Å². The molecule has 0 saturated carbocycles. The van der Waals surface area contributed by atoms with Crippen LogP contribution in [0.15, 0.2) is 43.1 Å². The lowest BCUT2D eigenvalue weighted by atomic mass is 10.2. The van der Waals surface area contributed by atoms with Crippen LogP contribution < -0.4 is 5.32 Å². The number of likely N-dealkylation sites (N-methyl/N-ethyl adjacent to an activating group) is 1. The van der Waals surface area contributed by atoms with Crippen molar-refractivity contribution in [3.8, 4) is 0 Å². The Morgan fingerprint density at radius 2 is 2.26 bits per heavy atom. The van der Waals surface area contributed by atoms with Crippen LogP contribution in [-0.4, -0.2) is 56.0 Å². The van der Waals surface area contributed by atoms with Gasteiger partial charge in [0.15, 0.2) is 5.65 Å². The Labute approximate surface area is 158 Å². The molecule has 3 aromatic rings. The van der Waals surface area contributed by atoms with Crippen LogP contribution in [0.3, 0.4) is 0 Å². The third-order valence-electron chi connectivity index (χ3n) is 5.20. The maximum absolute atomic E-state index is 12.5. The molecule has 7 heteroatoms. The highest BCUT2D eigenvalue weighted by atomic mass is 16.1. The zero-order valence-corrected chi connectivity index (χ0v) is 15.5. The monoisotopic (exact) mass is 364 g/mol. The molecule has 0 aliphatic carbocycles. The molecule has 3 aromatic heterocycles. The molecule has 1 atom stereocenters. The summed E-state index contributed by atoms with van der Waals surface area (Å²) in [5.41, 5.74) is 3.12. The van der Waals surface area contributed by atoms with Crippen LogP contribution in [0.25, 0.3) is 11.2 Å². The highest BCUT2D eigenvalue weighted by molar-refractivity contribution is 5.96. The van der Waals surface area contributed by atoms with Crippen LogP contribution in [0.1, 0.15) is 35.7 Å². The van der Waals surface area contributed by atoms with Crippen LogP contribution in [0.5, 0.6) is 0 Å². The SMILES string of the molecule is CCN1CCCC1CNC(=O)c1cnc2c(c1)ncn2Cc1cccnc1. The first-order chi connectivity index (χ1) is 13.2. The highest BCUT2D eigenvalue weighted by Crippen LogP contribution is 2.16. The molecule has 7 nitrogen and oxygen atoms in total. The van der Waals surface area contributed by atoms with E-state index in [4.69, 9.17) is 0 Å². The van der Waals surface area contributed by atoms with E-state index in [0.29, 0.717) is 24.7 Å². The van der Waals surface area contributed by atoms with Gasteiger partial charge in [0.05, 0.1) is 18.4 Å². The summed E-state index contributed by atoms with van der Waals surface area (Å²) in [4.78, 5) is 28.0. The quantitative estimate of drug-likeness (QED) is 0.725. The fraction of sp³-hybridized carbons (Fsp3) is 0.400. The number of aromatic nitrogens is 4. The topological polar surface area (TPSA) is 75.9 Å². The Bertz CT molecular complexity index is 923. The fourth-order valence-corrected chi connectivity index (χ4v) is 3.73. The van der Waals surface area contributed by atoms with E-state index in [9.17, 15) is 4.79 Å². The third-order valence-corrected chi connectivity index (χ3v) is 5.20. The van der Waals surface area contributed by atoms with Crippen molar-refractivity contribution in [2.24, 2.45) is 0 Å². The number of nitrogens with zero attached hydrogens (tertiary/aromatic N) is 5. The minimum absolute atomic E-state index is 0.0887. The number of rotatable bonds is 6. The van der Waals surface area contributed by atoms with Gasteiger partial charge in [0, 0.05) is 31.2 Å². The van der Waals surface area contributed by atoms with Crippen molar-refractivity contribution in [3.63, 3.8) is 0 Å². The van der Waals surface area contributed by atoms with Gasteiger partial charge in [-0.3, -0.25) is 14.7 Å². The van der Waals surface area contributed by atoms with E-state index < -0.39 is 0 Å². The average molecular weight is 364 g/mol. The molecular weight excluding hydrogens is 340 g/mol. The standard InChI is InChI=1S/C20H24N6O/c1-2-25-8-4-6-17(25)12-23-20(27)16-9-18-19(22-11-16)26(14-24-18)13-15-5-3-7-21-10-15/h3,5,7,9-11,14,17H,2,4,6,8,12-13H2,1H3,(H,23,27). The first-order valence-corrected chi connectivity index (χ1v) is 9.46. The second-order valence-electron chi connectivity index (χ2n) is 6.94. The lowest BCUT2D eigenvalue weighted by Gasteiger charge is -2.22. The van der Waals surface area contributed by atoms with Gasteiger partial charge in [0.2, 0.25) is 0 Å². The van der Waals surface area contributed by atoms with E-state index in [2.05, 4.69) is 32.1 Å². The smallest absolute Gasteiger partial charge is 0.252 e. The molecular formula is C20H24N6O. The Hall–Kier alpha value is -2.80. The van der Waals surface area contributed by atoms with Crippen LogP contribution in [0.4, 0.5) is 0 Å². The van der Waals surface area contributed by atoms with Crippen molar-refractivity contribution >= 4 is 17.1 Å². The van der Waals surface area contributed by atoms with Gasteiger partial charge in [-0.25, -0.2) is 9.97 Å². The molecule has 1 aliphatic rings. The van der Waals surface area contributed by atoms with Crippen molar-refractivity contribution < 1.29 is 4.79 Å². The first-order valence-electron chi connectivity index (χ1n) is 9.46. The van der Waals surface area contributed by atoms with Gasteiger partial charge in [0.25, 0.3) is 5.91 Å². The lowest BCUT2D eigenvalue weighted by molar-refractivity contribution is 0.0941. The van der Waals surface area contributed by atoms with Crippen molar-refractivity contribution in [2.75, 3.05) is 19.6 Å². The molecule has 1 aliphatic heterocycles. The first kappa shape index (κ1) is 17.6. The molecule has 1 fully saturated rings. The second-order valence-corrected chi connectivity index (χ2v) is 6.94. The Morgan fingerprint density at radius 3 is 3.07 bits per heavy atom. The maximum atomic E-state index is 12.5. The Kier molecular flexibility index (Phi) is 5.11. The van der Waals surface area contributed by atoms with Crippen molar-refractivity contribution in [1.82, 2.24) is 29.7 Å². The highest BCUT2D eigenvalue weighted by Gasteiger charge is 2.23. The summed E-state index contributed by atoms with van der Waals surface area (Å²) < 4.78 is 1.96. The lowest BCUT2D eigenvalue weighted by Crippen LogP contribution is -2.40. The van der Waals surface area contributed by atoms with E-state index in [0.717, 1.165) is 36.2 Å². The number of carbonyl (C=O) groups is 1. The zero-order chi connectivity index (χ0) is 18.6. The predicted molar refractivity (Wildman–Crippen MR) is 103 cm³/mol. The number of imidazole rings is 1. The number of amides is 1. The van der Waals surface area contributed by atoms with Crippen LogP contribution >= 0.6 is 0 Å². The van der Waals surface area contributed by atoms with Crippen LogP contribution in [-0.2, 0) is 6.54 Å². The Morgan fingerprint density at radius 1 is 1.33 bits per heavy atom. The summed E-state index contributed by atoms with van der Waals surface area (Å²) in [6.45, 7) is 5.65. The number of nitrogens with one attached hydrogen (secondary N) is 1. The molecule has 140 valence electrons. The molecule has 0 radical (unpaired) electrons. The minimum Gasteiger partial charge on any atom is -0.350 e. The van der Waals surface area contributed by atoms with E-state index in [1.54, 1.807) is 18.7 Å². The molecule has 0 aromatic carbocycles. The Balaban J connectivity index is 1.45. The van der Waals surface area contributed by atoms with Crippen molar-refractivity contribution in [1.29, 1.82) is 0 Å². The second kappa shape index (κ2) is 7.84. The largest absolute Gasteiger partial charge is 0.350 e. The van der Waals surface area contributed by atoms with Gasteiger partial charge in [0.1, 0.15) is 5.52 Å². The molecule has 1 N–H and O–H groups in total. The number of hydrogen-bond donors (Lipinski definition) is 1. The number of carbonyl (C=O) groups excluding carboxylic acids is 1. The van der Waals surface area contributed by atoms with Gasteiger partial charge in [-0.2, -0.15) is 0 Å². The third kappa shape index (κ3) is 3.83. The molecule has 1 saturated heterocycles. The molecule has 0 spiro atoms. The molecule has 1 amide bonds. The molecule has 4 rings (SSSR count). The number of fused-ring (bicyclic) bond motifs is 1. The summed E-state index contributed by atoms with van der Waals surface area (Å²) >= 11 is 0. The van der Waals surface area contributed by atoms with E-state index in [1.165, 1.54) is 6.42 Å². The van der Waals surface area contributed by atoms with Gasteiger partial charge >= 0.3 is 0 Å². The van der Waals surface area contributed by atoms with E-state index in [1.807, 2.05) is 29.0 Å². The van der Waals surface area contributed by atoms with Crippen LogP contribution in [0, 0.1) is 0 Å². The summed E-state index contributed by atoms with van der Waals surface area (Å²) in [6.07, 6.45) is 9.32. The molecule has 0 bridgehead atoms. The number of pyridine rings is 2.